The van der Waals surface area contributed by atoms with Crippen molar-refractivity contribution >= 4 is 23.3 Å². The van der Waals surface area contributed by atoms with Crippen LogP contribution in [0.1, 0.15) is 50.7 Å². The topological polar surface area (TPSA) is 163 Å². The van der Waals surface area contributed by atoms with Crippen LogP contribution in [-0.2, 0) is 22.6 Å². The number of likely N-dealkylation sites (tertiary alicyclic amines) is 1. The summed E-state index contributed by atoms with van der Waals surface area (Å²) in [4.78, 5) is 35.6. The van der Waals surface area contributed by atoms with E-state index in [0.29, 0.717) is 6.42 Å². The predicted octanol–water partition coefficient (Wildman–Crippen LogP) is 2.60. The van der Waals surface area contributed by atoms with Crippen molar-refractivity contribution in [1.82, 2.24) is 14.9 Å². The number of rotatable bonds is 13. The zero-order valence-electron chi connectivity index (χ0n) is 20.9. The number of nitrogens with zero attached hydrogens (tertiary/aromatic N) is 5. The number of aromatic nitrogens is 2. The molecule has 12 heteroatoms. The van der Waals surface area contributed by atoms with Crippen molar-refractivity contribution in [2.75, 3.05) is 36.9 Å². The summed E-state index contributed by atoms with van der Waals surface area (Å²) in [6.45, 7) is 6.75. The smallest absolute Gasteiger partial charge is 0.353 e. The average Bonchev–Trinajstić information content (AvgIpc) is 3.32. The minimum atomic E-state index is -0.703. The van der Waals surface area contributed by atoms with Crippen LogP contribution in [0.2, 0.25) is 0 Å². The molecular weight excluding hydrogens is 466 g/mol. The molecule has 1 fully saturated rings. The number of hydrogen-bond acceptors (Lipinski definition) is 11. The maximum atomic E-state index is 12.4. The van der Waals surface area contributed by atoms with Crippen LogP contribution >= 0.6 is 0 Å². The number of carbonyl (C=O) groups is 1. The number of anilines is 2. The van der Waals surface area contributed by atoms with Crippen molar-refractivity contribution in [3.05, 3.63) is 45.5 Å². The zero-order chi connectivity index (χ0) is 26.1. The van der Waals surface area contributed by atoms with Gasteiger partial charge in [-0.3, -0.25) is 25.5 Å². The van der Waals surface area contributed by atoms with Crippen molar-refractivity contribution in [2.24, 2.45) is 5.73 Å². The highest BCUT2D eigenvalue weighted by Crippen LogP contribution is 2.34. The van der Waals surface area contributed by atoms with Crippen molar-refractivity contribution in [3.63, 3.8) is 0 Å². The Morgan fingerprint density at radius 2 is 1.86 bits per heavy atom. The van der Waals surface area contributed by atoms with Gasteiger partial charge in [0.15, 0.2) is 6.23 Å². The zero-order valence-corrected chi connectivity index (χ0v) is 20.9. The van der Waals surface area contributed by atoms with Crippen LogP contribution in [0.5, 0.6) is 6.01 Å². The first kappa shape index (κ1) is 27.1. The molecule has 0 saturated carbocycles. The molecule has 36 heavy (non-hydrogen) atoms. The van der Waals surface area contributed by atoms with Crippen LogP contribution in [-0.4, -0.2) is 58.2 Å². The third-order valence-corrected chi connectivity index (χ3v) is 5.81. The molecule has 12 nitrogen and oxygen atoms in total. The standard InChI is InChI=1S/C24H35N7O5/c1-3-7-19(25)36-24-27-22(26)21(31(33)34)23(28-24)30(16-20(32)35-4-2)15-18-10-8-17(9-11-18)14-29-12-5-6-13-29/h8-11,19H,3-7,12-16,25H2,1-2H3,(H2,26,27,28)/t19-/m1/s1. The summed E-state index contributed by atoms with van der Waals surface area (Å²) in [6.07, 6.45) is 3.03. The molecule has 0 aliphatic carbocycles. The molecule has 2 aromatic rings. The van der Waals surface area contributed by atoms with Gasteiger partial charge in [-0.1, -0.05) is 37.6 Å². The van der Waals surface area contributed by atoms with Gasteiger partial charge in [0.05, 0.1) is 11.5 Å². The number of nitro groups is 1. The summed E-state index contributed by atoms with van der Waals surface area (Å²) >= 11 is 0. The van der Waals surface area contributed by atoms with Crippen molar-refractivity contribution in [1.29, 1.82) is 0 Å². The fourth-order valence-corrected chi connectivity index (χ4v) is 4.10. The first-order chi connectivity index (χ1) is 17.3. The number of esters is 1. The summed E-state index contributed by atoms with van der Waals surface area (Å²) in [7, 11) is 0. The predicted molar refractivity (Wildman–Crippen MR) is 135 cm³/mol. The molecule has 0 unspecified atom stereocenters. The van der Waals surface area contributed by atoms with Gasteiger partial charge in [0.1, 0.15) is 6.54 Å². The van der Waals surface area contributed by atoms with Crippen molar-refractivity contribution in [2.45, 2.75) is 58.8 Å². The maximum absolute atomic E-state index is 12.4. The van der Waals surface area contributed by atoms with E-state index >= 15 is 0 Å². The maximum Gasteiger partial charge on any atom is 0.353 e. The fraction of sp³-hybridized carbons (Fsp3) is 0.542. The van der Waals surface area contributed by atoms with Crippen LogP contribution in [0.3, 0.4) is 0 Å². The van der Waals surface area contributed by atoms with Crippen LogP contribution in [0, 0.1) is 10.1 Å². The lowest BCUT2D eigenvalue weighted by Gasteiger charge is -2.24. The van der Waals surface area contributed by atoms with Gasteiger partial charge >= 0.3 is 17.7 Å². The Kier molecular flexibility index (Phi) is 9.77. The average molecular weight is 502 g/mol. The number of ether oxygens (including phenoxy) is 2. The van der Waals surface area contributed by atoms with E-state index in [-0.39, 0.29) is 37.3 Å². The first-order valence-electron chi connectivity index (χ1n) is 12.3. The SMILES string of the molecule is CCC[C@H](N)Oc1nc(N)c([N+](=O)[O-])c(N(CC(=O)OCC)Cc2ccc(CN3CCCC3)cc2)n1. The first-order valence-corrected chi connectivity index (χ1v) is 12.3. The lowest BCUT2D eigenvalue weighted by Crippen LogP contribution is -2.33. The summed E-state index contributed by atoms with van der Waals surface area (Å²) in [6, 6.07) is 7.74. The van der Waals surface area contributed by atoms with Gasteiger partial charge < -0.3 is 20.1 Å². The Balaban J connectivity index is 1.91. The van der Waals surface area contributed by atoms with Crippen LogP contribution in [0.15, 0.2) is 24.3 Å². The van der Waals surface area contributed by atoms with Gasteiger partial charge in [0.2, 0.25) is 11.6 Å². The third-order valence-electron chi connectivity index (χ3n) is 5.81. The van der Waals surface area contributed by atoms with Gasteiger partial charge in [-0.05, 0) is 50.4 Å². The molecule has 0 amide bonds. The van der Waals surface area contributed by atoms with E-state index in [4.69, 9.17) is 20.9 Å². The highest BCUT2D eigenvalue weighted by Gasteiger charge is 2.30. The van der Waals surface area contributed by atoms with E-state index in [9.17, 15) is 14.9 Å². The Morgan fingerprint density at radius 3 is 2.47 bits per heavy atom. The molecule has 1 aromatic heterocycles. The molecule has 3 rings (SSSR count). The second kappa shape index (κ2) is 13.0. The van der Waals surface area contributed by atoms with Crippen molar-refractivity contribution in [3.8, 4) is 6.01 Å². The largest absolute Gasteiger partial charge is 0.465 e. The number of hydrogen-bond donors (Lipinski definition) is 2. The Bertz CT molecular complexity index is 1030. The molecule has 4 N–H and O–H groups in total. The van der Waals surface area contributed by atoms with Gasteiger partial charge in [-0.2, -0.15) is 9.97 Å². The lowest BCUT2D eigenvalue weighted by molar-refractivity contribution is -0.383. The van der Waals surface area contributed by atoms with E-state index in [1.165, 1.54) is 23.3 Å². The van der Waals surface area contributed by atoms with Crippen LogP contribution < -0.4 is 21.1 Å². The summed E-state index contributed by atoms with van der Waals surface area (Å²) in [5, 5.41) is 11.9. The molecule has 1 atom stereocenters. The Morgan fingerprint density at radius 1 is 1.19 bits per heavy atom. The quantitative estimate of drug-likeness (QED) is 0.179. The number of benzene rings is 1. The van der Waals surface area contributed by atoms with Crippen LogP contribution in [0.25, 0.3) is 0 Å². The summed E-state index contributed by atoms with van der Waals surface area (Å²) in [5.41, 5.74) is 13.4. The van der Waals surface area contributed by atoms with Gasteiger partial charge in [-0.25, -0.2) is 0 Å². The normalized spacial score (nSPS) is 14.4. The van der Waals surface area contributed by atoms with Crippen molar-refractivity contribution < 1.29 is 19.2 Å². The van der Waals surface area contributed by atoms with E-state index in [1.54, 1.807) is 6.92 Å². The highest BCUT2D eigenvalue weighted by atomic mass is 16.6. The fourth-order valence-electron chi connectivity index (χ4n) is 4.10. The molecule has 1 saturated heterocycles. The second-order valence-corrected chi connectivity index (χ2v) is 8.73. The third kappa shape index (κ3) is 7.49. The Labute approximate surface area is 210 Å². The molecular formula is C24H35N7O5. The lowest BCUT2D eigenvalue weighted by atomic mass is 10.1. The summed E-state index contributed by atoms with van der Waals surface area (Å²) in [5.74, 6) is -1.07. The van der Waals surface area contributed by atoms with E-state index in [2.05, 4.69) is 14.9 Å². The molecule has 0 bridgehead atoms. The summed E-state index contributed by atoms with van der Waals surface area (Å²) < 4.78 is 10.6. The molecule has 1 aliphatic heterocycles. The molecule has 1 aromatic carbocycles. The van der Waals surface area contributed by atoms with E-state index in [1.807, 2.05) is 31.2 Å². The Hall–Kier alpha value is -3.51. The molecule has 0 spiro atoms. The monoisotopic (exact) mass is 501 g/mol. The highest BCUT2D eigenvalue weighted by molar-refractivity contribution is 5.78. The number of carbonyl (C=O) groups excluding carboxylic acids is 1. The van der Waals surface area contributed by atoms with E-state index in [0.717, 1.165) is 31.6 Å². The van der Waals surface area contributed by atoms with E-state index < -0.39 is 22.8 Å². The van der Waals surface area contributed by atoms with Gasteiger partial charge in [-0.15, -0.1) is 0 Å². The van der Waals surface area contributed by atoms with Crippen LogP contribution in [0.4, 0.5) is 17.3 Å². The molecule has 2 heterocycles. The number of nitrogen functional groups attached to an aromatic ring is 1. The second-order valence-electron chi connectivity index (χ2n) is 8.73. The molecule has 0 radical (unpaired) electrons. The minimum Gasteiger partial charge on any atom is -0.465 e. The van der Waals surface area contributed by atoms with Gasteiger partial charge in [0, 0.05) is 13.1 Å². The minimum absolute atomic E-state index is 0.139. The van der Waals surface area contributed by atoms with Gasteiger partial charge in [0.25, 0.3) is 0 Å². The molecule has 196 valence electrons. The molecule has 1 aliphatic rings. The number of nitrogens with two attached hydrogens (primary N) is 2.